The minimum Gasteiger partial charge on any atom is -1.00 e. The Balaban J connectivity index is 0. The molecule has 2 heterocycles. The number of benzene rings is 2. The number of hydrogen-bond donors (Lipinski definition) is 1. The second-order valence-corrected chi connectivity index (χ2v) is 17.0. The first kappa shape index (κ1) is 50.4. The van der Waals surface area contributed by atoms with E-state index in [2.05, 4.69) is 35.3 Å². The van der Waals surface area contributed by atoms with Gasteiger partial charge in [-0.05, 0) is 65.8 Å². The Hall–Kier alpha value is -2.58. The number of rotatable bonds is 9. The van der Waals surface area contributed by atoms with E-state index in [0.717, 1.165) is 24.3 Å². The predicted octanol–water partition coefficient (Wildman–Crippen LogP) is 4.73. The SMILES string of the molecule is C.CC1(C)CC(S(=N)(=O)Cc2c(F)cccc2F)=NO1.CCOC(=O)CBr.CCOC(=O)CN=S(=O)(Cc1c(F)cccc1F)C1=NOC(C)(C)C1.[H-].[Na+]. The van der Waals surface area contributed by atoms with Gasteiger partial charge in [-0.2, -0.15) is 0 Å². The van der Waals surface area contributed by atoms with Crippen LogP contribution in [0.3, 0.4) is 0 Å². The van der Waals surface area contributed by atoms with Crippen molar-refractivity contribution in [2.24, 2.45) is 14.7 Å². The molecule has 53 heavy (non-hydrogen) atoms. The summed E-state index contributed by atoms with van der Waals surface area (Å²) in [5.41, 5.74) is -2.06. The fourth-order valence-electron chi connectivity index (χ4n) is 4.14. The smallest absolute Gasteiger partial charge is 1.00 e. The first-order valence-corrected chi connectivity index (χ1v) is 19.9. The molecule has 0 spiro atoms. The zero-order valence-electron chi connectivity index (χ0n) is 30.9. The number of ether oxygens (including phenoxy) is 2. The fourth-order valence-corrected chi connectivity index (χ4v) is 8.01. The van der Waals surface area contributed by atoms with E-state index in [1.807, 2.05) is 0 Å². The van der Waals surface area contributed by atoms with Crippen LogP contribution in [0.5, 0.6) is 0 Å². The van der Waals surface area contributed by atoms with Crippen molar-refractivity contribution in [1.82, 2.24) is 0 Å². The Morgan fingerprint density at radius 3 is 1.58 bits per heavy atom. The molecule has 4 rings (SSSR count). The summed E-state index contributed by atoms with van der Waals surface area (Å²) in [7, 11) is -6.76. The Morgan fingerprint density at radius 2 is 1.23 bits per heavy atom. The maximum Gasteiger partial charge on any atom is 1.00 e. The molecular formula is C33H46BrF4N4NaO8S2. The van der Waals surface area contributed by atoms with E-state index in [-0.39, 0.29) is 85.0 Å². The standard InChI is InChI=1S/C16H20F2N2O4S.C12H14F2N2O2S.C4H7BrO2.CH4.Na.H/c1-4-23-15(21)9-19-25(22,14-8-16(2,3)24-20-14)10-11-12(17)6-5-7-13(11)18;1-12(2)6-11(16-18-12)19(15,17)7-8-9(13)4-3-5-10(8)14;1-2-7-4(6)3-5;;;/h5-7H,4,8-10H2,1-3H3;3-5,15H,6-7H2,1-2H3;2-3H2,1H3;1H4;;/q;;;;+1;-1. The molecule has 0 saturated carbocycles. The number of halogens is 5. The molecule has 2 aromatic rings. The molecule has 12 nitrogen and oxygen atoms in total. The topological polar surface area (TPSA) is 166 Å². The zero-order valence-corrected chi connectivity index (χ0v) is 35.2. The third kappa shape index (κ3) is 16.0. The van der Waals surface area contributed by atoms with E-state index in [4.69, 9.17) is 19.2 Å². The van der Waals surface area contributed by atoms with Crippen LogP contribution in [-0.4, -0.2) is 66.7 Å². The molecule has 2 aromatic carbocycles. The van der Waals surface area contributed by atoms with Gasteiger partial charge in [0.2, 0.25) is 0 Å². The summed E-state index contributed by atoms with van der Waals surface area (Å²) in [4.78, 5) is 31.9. The van der Waals surface area contributed by atoms with Crippen LogP contribution in [0, 0.1) is 28.0 Å². The van der Waals surface area contributed by atoms with Crippen LogP contribution in [0.2, 0.25) is 0 Å². The average molecular weight is 870 g/mol. The molecule has 20 heteroatoms. The van der Waals surface area contributed by atoms with Crippen molar-refractivity contribution >= 4 is 57.4 Å². The van der Waals surface area contributed by atoms with E-state index in [9.17, 15) is 35.6 Å². The summed E-state index contributed by atoms with van der Waals surface area (Å²) >= 11 is 2.94. The van der Waals surface area contributed by atoms with Gasteiger partial charge in [-0.3, -0.25) is 9.59 Å². The number of alkyl halides is 1. The maximum atomic E-state index is 14.0. The van der Waals surface area contributed by atoms with Gasteiger partial charge in [0.1, 0.15) is 46.3 Å². The third-order valence-electron chi connectivity index (χ3n) is 6.62. The van der Waals surface area contributed by atoms with Gasteiger partial charge in [-0.15, -0.1) is 0 Å². The van der Waals surface area contributed by atoms with Crippen LogP contribution in [0.15, 0.2) is 51.1 Å². The summed E-state index contributed by atoms with van der Waals surface area (Å²) in [6, 6.07) is 6.72. The van der Waals surface area contributed by atoms with Crippen molar-refractivity contribution in [2.75, 3.05) is 25.1 Å². The van der Waals surface area contributed by atoms with E-state index >= 15 is 0 Å². The molecule has 0 radical (unpaired) electrons. The van der Waals surface area contributed by atoms with Crippen molar-refractivity contribution in [2.45, 2.75) is 84.5 Å². The number of nitrogens with one attached hydrogen (secondary N) is 1. The molecule has 1 N–H and O–H groups in total. The van der Waals surface area contributed by atoms with Gasteiger partial charge in [-0.25, -0.2) is 35.1 Å². The Bertz CT molecular complexity index is 1840. The first-order chi connectivity index (χ1) is 23.7. The predicted molar refractivity (Wildman–Crippen MR) is 196 cm³/mol. The van der Waals surface area contributed by atoms with E-state index < -0.39 is 77.9 Å². The normalized spacial score (nSPS) is 17.0. The summed E-state index contributed by atoms with van der Waals surface area (Å²) in [5.74, 6) is -5.24. The molecule has 0 aromatic heterocycles. The zero-order chi connectivity index (χ0) is 38.6. The molecule has 294 valence electrons. The van der Waals surface area contributed by atoms with Crippen LogP contribution < -0.4 is 29.6 Å². The largest absolute Gasteiger partial charge is 1.00 e. The molecule has 0 bridgehead atoms. The van der Waals surface area contributed by atoms with E-state index in [1.165, 1.54) is 12.1 Å². The Morgan fingerprint density at radius 1 is 0.830 bits per heavy atom. The fraction of sp³-hybridized carbons (Fsp3) is 0.515. The van der Waals surface area contributed by atoms with Crippen LogP contribution >= 0.6 is 15.9 Å². The van der Waals surface area contributed by atoms with Crippen molar-refractivity contribution < 1.29 is 85.7 Å². The van der Waals surface area contributed by atoms with Crippen LogP contribution in [-0.2, 0) is 59.7 Å². The van der Waals surface area contributed by atoms with Gasteiger partial charge in [-0.1, -0.05) is 45.8 Å². The second-order valence-electron chi connectivity index (χ2n) is 12.1. The second kappa shape index (κ2) is 22.1. The minimum atomic E-state index is -3.38. The number of esters is 2. The molecule has 0 amide bonds. The van der Waals surface area contributed by atoms with Crippen molar-refractivity contribution in [1.29, 1.82) is 4.78 Å². The Labute approximate surface area is 340 Å². The van der Waals surface area contributed by atoms with Crippen LogP contribution in [0.1, 0.15) is 74.4 Å². The van der Waals surface area contributed by atoms with Crippen molar-refractivity contribution in [3.05, 3.63) is 70.8 Å². The van der Waals surface area contributed by atoms with Gasteiger partial charge in [0.05, 0.1) is 44.2 Å². The van der Waals surface area contributed by atoms with Gasteiger partial charge in [0.25, 0.3) is 0 Å². The van der Waals surface area contributed by atoms with E-state index in [0.29, 0.717) is 11.9 Å². The molecule has 2 aliphatic heterocycles. The van der Waals surface area contributed by atoms with Gasteiger partial charge in [0.15, 0.2) is 10.1 Å². The summed E-state index contributed by atoms with van der Waals surface area (Å²) in [6.07, 6.45) is 0.389. The monoisotopic (exact) mass is 868 g/mol. The number of hydrogen-bond acceptors (Lipinski definition) is 12. The van der Waals surface area contributed by atoms with Crippen molar-refractivity contribution in [3.63, 3.8) is 0 Å². The van der Waals surface area contributed by atoms with Crippen LogP contribution in [0.25, 0.3) is 0 Å². The maximum absolute atomic E-state index is 14.0. The average Bonchev–Trinajstić information content (AvgIpc) is 3.62. The minimum absolute atomic E-state index is 0. The molecular weight excluding hydrogens is 823 g/mol. The Kier molecular flexibility index (Phi) is 21.0. The molecule has 0 fully saturated rings. The van der Waals surface area contributed by atoms with Crippen molar-refractivity contribution in [3.8, 4) is 0 Å². The number of nitrogens with zero attached hydrogens (tertiary/aromatic N) is 3. The number of carbonyl (C=O) groups excluding carboxylic acids is 2. The summed E-state index contributed by atoms with van der Waals surface area (Å²) < 4.78 is 102. The third-order valence-corrected chi connectivity index (χ3v) is 10.9. The molecule has 2 atom stereocenters. The molecule has 0 saturated heterocycles. The van der Waals surface area contributed by atoms with Crippen LogP contribution in [0.4, 0.5) is 17.6 Å². The van der Waals surface area contributed by atoms with Gasteiger partial charge < -0.3 is 20.6 Å². The molecule has 0 aliphatic carbocycles. The first-order valence-electron chi connectivity index (χ1n) is 15.4. The van der Waals surface area contributed by atoms with Gasteiger partial charge in [0, 0.05) is 24.0 Å². The summed E-state index contributed by atoms with van der Waals surface area (Å²) in [6.45, 7) is 10.5. The molecule has 2 unspecified atom stereocenters. The summed E-state index contributed by atoms with van der Waals surface area (Å²) in [5, 5.41) is 7.82. The number of oxime groups is 2. The van der Waals surface area contributed by atoms with Gasteiger partial charge >= 0.3 is 41.5 Å². The quantitative estimate of drug-likeness (QED) is 0.164. The molecule has 2 aliphatic rings. The number of carbonyl (C=O) groups is 2. The van der Waals surface area contributed by atoms with E-state index in [1.54, 1.807) is 41.5 Å².